The molecule has 2 heterocycles. The lowest BCUT2D eigenvalue weighted by Crippen LogP contribution is -2.39. The van der Waals surface area contributed by atoms with Crippen LogP contribution in [0.4, 0.5) is 0 Å². The van der Waals surface area contributed by atoms with Crippen molar-refractivity contribution >= 4 is 50.9 Å². The molecule has 0 N–H and O–H groups in total. The maximum atomic E-state index is 2.75. The van der Waals surface area contributed by atoms with Crippen molar-refractivity contribution < 1.29 is 9.13 Å². The molecule has 0 saturated carbocycles. The summed E-state index contributed by atoms with van der Waals surface area (Å²) in [6, 6.07) is 0. The molecule has 0 fully saturated rings. The number of halogens is 2. The van der Waals surface area contributed by atoms with Crippen molar-refractivity contribution in [2.45, 2.75) is 33.4 Å². The van der Waals surface area contributed by atoms with Crippen LogP contribution in [-0.4, -0.2) is 0 Å². The fourth-order valence-electron chi connectivity index (χ4n) is 1.63. The molecule has 0 aromatic carbocycles. The van der Waals surface area contributed by atoms with E-state index in [-0.39, 0.29) is 0 Å². The van der Waals surface area contributed by atoms with Crippen molar-refractivity contribution in [1.29, 1.82) is 0 Å². The van der Waals surface area contributed by atoms with Gasteiger partial charge in [-0.2, -0.15) is 9.13 Å². The largest absolute Gasteiger partial charge is 0.234 e. The van der Waals surface area contributed by atoms with E-state index >= 15 is 0 Å². The molecule has 0 unspecified atom stereocenters. The van der Waals surface area contributed by atoms with E-state index in [9.17, 15) is 0 Å². The van der Waals surface area contributed by atoms with Gasteiger partial charge in [-0.25, -0.2) is 0 Å². The Labute approximate surface area is 126 Å². The summed E-state index contributed by atoms with van der Waals surface area (Å²) in [7, 11) is 0. The second kappa shape index (κ2) is 8.34. The minimum Gasteiger partial charge on any atom is -0.193 e. The van der Waals surface area contributed by atoms with Gasteiger partial charge in [0.1, 0.15) is 0 Å². The van der Waals surface area contributed by atoms with E-state index in [0.29, 0.717) is 0 Å². The van der Waals surface area contributed by atoms with Gasteiger partial charge in [0.2, 0.25) is 10.0 Å². The predicted octanol–water partition coefficient (Wildman–Crippen LogP) is 3.78. The first-order valence-corrected chi connectivity index (χ1v) is 10.8. The number of hydrogen-bond acceptors (Lipinski definition) is 2. The molecule has 2 aromatic rings. The molecule has 0 aliphatic carbocycles. The summed E-state index contributed by atoms with van der Waals surface area (Å²) >= 11 is 9.13. The Hall–Kier alpha value is 0.220. The van der Waals surface area contributed by atoms with Crippen LogP contribution in [0.15, 0.2) is 23.2 Å². The van der Waals surface area contributed by atoms with Crippen molar-refractivity contribution in [1.82, 2.24) is 0 Å². The first-order valence-electron chi connectivity index (χ1n) is 5.29. The molecule has 0 atom stereocenters. The monoisotopic (exact) mass is 398 g/mol. The number of rotatable bonds is 4. The molecular weight excluding hydrogens is 384 g/mol. The van der Waals surface area contributed by atoms with Crippen LogP contribution in [0.5, 0.6) is 0 Å². The fraction of sp³-hybridized carbons (Fsp3) is 0.455. The van der Waals surface area contributed by atoms with E-state index in [1.54, 1.807) is 0 Å². The summed E-state index contributed by atoms with van der Waals surface area (Å²) < 4.78 is 4.65. The molecule has 0 amide bonds. The molecule has 2 rings (SSSR count). The highest BCUT2D eigenvalue weighted by Crippen LogP contribution is 2.01. The Morgan fingerprint density at radius 1 is 0.941 bits per heavy atom. The average molecular weight is 400 g/mol. The van der Waals surface area contributed by atoms with E-state index in [4.69, 9.17) is 0 Å². The third kappa shape index (κ3) is 4.77. The van der Waals surface area contributed by atoms with Crippen LogP contribution < -0.4 is 9.13 Å². The Kier molecular flexibility index (Phi) is 7.50. The van der Waals surface area contributed by atoms with Crippen LogP contribution in [0.2, 0.25) is 0 Å². The normalized spacial score (nSPS) is 9.88. The van der Waals surface area contributed by atoms with Crippen LogP contribution in [0.1, 0.15) is 16.4 Å². The van der Waals surface area contributed by atoms with Gasteiger partial charge in [-0.1, -0.05) is 22.7 Å². The number of thiazole rings is 2. The SMILES string of the molecule is BrBr.Cc1scc[n+]1CCC[n+]1ccsc1C. The third-order valence-electron chi connectivity index (χ3n) is 2.57. The Bertz CT molecular complexity index is 400. The zero-order valence-electron chi connectivity index (χ0n) is 9.90. The van der Waals surface area contributed by atoms with Crippen LogP contribution >= 0.6 is 50.9 Å². The maximum absolute atomic E-state index is 2.75. The molecule has 0 radical (unpaired) electrons. The topological polar surface area (TPSA) is 7.76 Å². The predicted molar refractivity (Wildman–Crippen MR) is 81.0 cm³/mol. The lowest BCUT2D eigenvalue weighted by molar-refractivity contribution is -0.727. The summed E-state index contributed by atoms with van der Waals surface area (Å²) in [6.45, 7) is 6.59. The highest BCUT2D eigenvalue weighted by Gasteiger charge is 2.10. The molecule has 2 aromatic heterocycles. The zero-order chi connectivity index (χ0) is 12.7. The smallest absolute Gasteiger partial charge is 0.193 e. The molecule has 6 heteroatoms. The molecule has 0 spiro atoms. The Balaban J connectivity index is 0.000000686. The van der Waals surface area contributed by atoms with Gasteiger partial charge in [-0.15, -0.1) is 0 Å². The highest BCUT2D eigenvalue weighted by molar-refractivity contribution is 9.93. The number of aryl methyl sites for hydroxylation is 4. The van der Waals surface area contributed by atoms with Crippen molar-refractivity contribution in [3.05, 3.63) is 33.2 Å². The van der Waals surface area contributed by atoms with Crippen LogP contribution in [0.3, 0.4) is 0 Å². The second-order valence-corrected chi connectivity index (χ2v) is 5.78. The molecule has 17 heavy (non-hydrogen) atoms. The van der Waals surface area contributed by atoms with Crippen molar-refractivity contribution in [3.8, 4) is 0 Å². The lowest BCUT2D eigenvalue weighted by Gasteiger charge is -1.94. The van der Waals surface area contributed by atoms with Crippen molar-refractivity contribution in [2.24, 2.45) is 0 Å². The number of hydrogen-bond donors (Lipinski definition) is 0. The molecule has 0 bridgehead atoms. The zero-order valence-corrected chi connectivity index (χ0v) is 14.7. The Morgan fingerprint density at radius 2 is 1.35 bits per heavy atom. The van der Waals surface area contributed by atoms with Gasteiger partial charge in [0.15, 0.2) is 25.5 Å². The van der Waals surface area contributed by atoms with Crippen molar-refractivity contribution in [2.75, 3.05) is 0 Å². The minimum atomic E-state index is 1.12. The summed E-state index contributed by atoms with van der Waals surface area (Å²) in [5.41, 5.74) is 0. The fourth-order valence-corrected chi connectivity index (χ4v) is 3.01. The molecule has 0 aliphatic heterocycles. The van der Waals surface area contributed by atoms with E-state index < -0.39 is 0 Å². The third-order valence-corrected chi connectivity index (χ3v) is 4.23. The molecule has 2 nitrogen and oxygen atoms in total. The molecule has 0 aliphatic rings. The molecular formula is C11H16Br2N2S2+2. The van der Waals surface area contributed by atoms with Crippen LogP contribution in [0, 0.1) is 13.8 Å². The standard InChI is InChI=1S/C11H16N2S2.Br2/c1-10-12(6-8-14-10)4-3-5-13-7-9-15-11(13)2;1-2/h6-9H,3-5H2,1-2H3;/q+2;. The van der Waals surface area contributed by atoms with Gasteiger partial charge < -0.3 is 0 Å². The maximum Gasteiger partial charge on any atom is 0.234 e. The first-order chi connectivity index (χ1) is 8.27. The first kappa shape index (κ1) is 15.3. The summed E-state index contributed by atoms with van der Waals surface area (Å²) in [4.78, 5) is 0. The van der Waals surface area contributed by atoms with Gasteiger partial charge in [-0.3, -0.25) is 0 Å². The van der Waals surface area contributed by atoms with E-state index in [1.165, 1.54) is 16.4 Å². The number of nitrogens with zero attached hydrogens (tertiary/aromatic N) is 2. The van der Waals surface area contributed by atoms with Crippen LogP contribution in [0.25, 0.3) is 0 Å². The Morgan fingerprint density at radius 3 is 1.65 bits per heavy atom. The van der Waals surface area contributed by atoms with E-state index in [1.807, 2.05) is 22.7 Å². The van der Waals surface area contributed by atoms with Gasteiger partial charge >= 0.3 is 0 Å². The number of aromatic nitrogens is 2. The molecule has 0 saturated heterocycles. The second-order valence-electron chi connectivity index (χ2n) is 3.58. The van der Waals surface area contributed by atoms with Crippen LogP contribution in [-0.2, 0) is 13.1 Å². The summed E-state index contributed by atoms with van der Waals surface area (Å²) in [5, 5.41) is 7.08. The summed E-state index contributed by atoms with van der Waals surface area (Å²) in [6.07, 6.45) is 5.54. The van der Waals surface area contributed by atoms with Gasteiger partial charge in [-0.05, 0) is 0 Å². The van der Waals surface area contributed by atoms with Gasteiger partial charge in [0, 0.05) is 42.1 Å². The van der Waals surface area contributed by atoms with Gasteiger partial charge in [0.05, 0.1) is 17.2 Å². The lowest BCUT2D eigenvalue weighted by atomic mass is 10.4. The molecule has 94 valence electrons. The quantitative estimate of drug-likeness (QED) is 0.691. The minimum absolute atomic E-state index is 1.12. The summed E-state index contributed by atoms with van der Waals surface area (Å²) in [5.74, 6) is 0. The highest BCUT2D eigenvalue weighted by atomic mass is 80.9. The van der Waals surface area contributed by atoms with E-state index in [0.717, 1.165) is 13.1 Å². The van der Waals surface area contributed by atoms with Gasteiger partial charge in [0.25, 0.3) is 0 Å². The van der Waals surface area contributed by atoms with Crippen molar-refractivity contribution in [3.63, 3.8) is 0 Å². The van der Waals surface area contributed by atoms with E-state index in [2.05, 4.69) is 74.4 Å². The average Bonchev–Trinajstić information content (AvgIpc) is 2.93.